The van der Waals surface area contributed by atoms with E-state index in [1.807, 2.05) is 0 Å². The van der Waals surface area contributed by atoms with E-state index in [-0.39, 0.29) is 23.2 Å². The van der Waals surface area contributed by atoms with Crippen LogP contribution in [0.5, 0.6) is 0 Å². The van der Waals surface area contributed by atoms with Crippen LogP contribution in [0.2, 0.25) is 0 Å². The van der Waals surface area contributed by atoms with Crippen LogP contribution in [0, 0.1) is 34.5 Å². The Morgan fingerprint density at radius 1 is 1.32 bits per heavy atom. The fourth-order valence-electron chi connectivity index (χ4n) is 4.92. The molecule has 0 aliphatic heterocycles. The molecule has 0 amide bonds. The molecule has 5 atom stereocenters. The maximum atomic E-state index is 11.9. The topological polar surface area (TPSA) is 46.5 Å². The molecule has 0 aromatic rings. The smallest absolute Gasteiger partial charge is 0.311 e. The summed E-state index contributed by atoms with van der Waals surface area (Å²) in [4.78, 5) is 11.9. The molecule has 0 aromatic carbocycles. The van der Waals surface area contributed by atoms with Crippen LogP contribution in [0.4, 0.5) is 0 Å². The van der Waals surface area contributed by atoms with Crippen LogP contribution in [0.25, 0.3) is 0 Å². The van der Waals surface area contributed by atoms with Gasteiger partial charge in [-0.05, 0) is 54.8 Å². The van der Waals surface area contributed by atoms with Crippen LogP contribution in [0.15, 0.2) is 0 Å². The summed E-state index contributed by atoms with van der Waals surface area (Å²) in [7, 11) is 0. The van der Waals surface area contributed by atoms with Gasteiger partial charge in [0, 0.05) is 5.92 Å². The Balaban J connectivity index is 1.70. The van der Waals surface area contributed by atoms with Gasteiger partial charge < -0.3 is 9.84 Å². The number of ether oxygens (including phenoxy) is 1. The first kappa shape index (κ1) is 16.3. The Morgan fingerprint density at radius 3 is 2.50 bits per heavy atom. The molecule has 5 unspecified atom stereocenters. The Labute approximate surface area is 134 Å². The lowest BCUT2D eigenvalue weighted by atomic mass is 9.65. The van der Waals surface area contributed by atoms with E-state index < -0.39 is 6.29 Å². The molecule has 3 saturated carbocycles. The molecule has 22 heavy (non-hydrogen) atoms. The van der Waals surface area contributed by atoms with Gasteiger partial charge in [-0.2, -0.15) is 0 Å². The van der Waals surface area contributed by atoms with Crippen LogP contribution in [-0.4, -0.2) is 17.4 Å². The molecular formula is C19H32O3. The van der Waals surface area contributed by atoms with Gasteiger partial charge in [0.25, 0.3) is 0 Å². The van der Waals surface area contributed by atoms with Gasteiger partial charge in [-0.3, -0.25) is 4.79 Å². The van der Waals surface area contributed by atoms with Gasteiger partial charge in [-0.15, -0.1) is 0 Å². The highest BCUT2D eigenvalue weighted by Crippen LogP contribution is 2.75. The van der Waals surface area contributed by atoms with E-state index in [2.05, 4.69) is 27.7 Å². The summed E-state index contributed by atoms with van der Waals surface area (Å²) < 4.78 is 5.44. The summed E-state index contributed by atoms with van der Waals surface area (Å²) >= 11 is 0. The van der Waals surface area contributed by atoms with Crippen molar-refractivity contribution >= 4 is 5.97 Å². The molecule has 1 N–H and O–H groups in total. The average molecular weight is 308 g/mol. The number of aliphatic hydroxyl groups is 1. The van der Waals surface area contributed by atoms with Gasteiger partial charge in [0.2, 0.25) is 6.29 Å². The Kier molecular flexibility index (Phi) is 4.08. The molecule has 0 aromatic heterocycles. The zero-order valence-electron chi connectivity index (χ0n) is 14.6. The van der Waals surface area contributed by atoms with E-state index >= 15 is 0 Å². The highest BCUT2D eigenvalue weighted by atomic mass is 16.6. The van der Waals surface area contributed by atoms with E-state index in [0.717, 1.165) is 38.0 Å². The molecule has 0 saturated heterocycles. The van der Waals surface area contributed by atoms with Crippen molar-refractivity contribution in [3.63, 3.8) is 0 Å². The minimum Gasteiger partial charge on any atom is -0.435 e. The maximum absolute atomic E-state index is 11.9. The van der Waals surface area contributed by atoms with Crippen molar-refractivity contribution in [1.29, 1.82) is 0 Å². The summed E-state index contributed by atoms with van der Waals surface area (Å²) in [5.74, 6) is 1.25. The zero-order valence-corrected chi connectivity index (χ0v) is 14.6. The molecule has 3 aliphatic carbocycles. The van der Waals surface area contributed by atoms with E-state index in [0.29, 0.717) is 11.3 Å². The highest BCUT2D eigenvalue weighted by Gasteiger charge is 2.68. The van der Waals surface area contributed by atoms with Crippen LogP contribution >= 0.6 is 0 Å². The summed E-state index contributed by atoms with van der Waals surface area (Å²) in [6.07, 6.45) is 6.65. The second-order valence-corrected chi connectivity index (χ2v) is 8.79. The van der Waals surface area contributed by atoms with Crippen LogP contribution in [0.3, 0.4) is 0 Å². The number of fused-ring (bicyclic) bond motifs is 1. The minimum atomic E-state index is -0.912. The molecule has 0 heterocycles. The van der Waals surface area contributed by atoms with Crippen molar-refractivity contribution < 1.29 is 14.6 Å². The molecule has 3 aliphatic rings. The summed E-state index contributed by atoms with van der Waals surface area (Å²) in [6.45, 7) is 9.30. The molecular weight excluding hydrogens is 276 g/mol. The predicted octanol–water partition coefficient (Wildman–Crippen LogP) is 4.14. The molecule has 3 rings (SSSR count). The third kappa shape index (κ3) is 2.60. The first-order valence-corrected chi connectivity index (χ1v) is 9.19. The van der Waals surface area contributed by atoms with Crippen molar-refractivity contribution in [1.82, 2.24) is 0 Å². The number of unbranched alkanes of at least 4 members (excludes halogenated alkanes) is 1. The van der Waals surface area contributed by atoms with Gasteiger partial charge in [0.1, 0.15) is 0 Å². The summed E-state index contributed by atoms with van der Waals surface area (Å²) in [5.41, 5.74) is 0.658. The minimum absolute atomic E-state index is 0.0592. The van der Waals surface area contributed by atoms with Gasteiger partial charge in [-0.25, -0.2) is 0 Å². The molecule has 126 valence electrons. The number of hydrogen-bond acceptors (Lipinski definition) is 3. The van der Waals surface area contributed by atoms with E-state index in [1.54, 1.807) is 0 Å². The second-order valence-electron chi connectivity index (χ2n) is 8.79. The fourth-order valence-corrected chi connectivity index (χ4v) is 4.92. The Morgan fingerprint density at radius 2 is 2.00 bits per heavy atom. The van der Waals surface area contributed by atoms with Crippen molar-refractivity contribution in [3.8, 4) is 0 Å². The third-order valence-electron chi connectivity index (χ3n) is 7.27. The fraction of sp³-hybridized carbons (Fsp3) is 0.947. The SMILES string of the molecule is CCCCC(C(O)OC(=O)C1CC1)C1CC2CC2(C)C1(C)C. The molecule has 3 fully saturated rings. The van der Waals surface area contributed by atoms with Gasteiger partial charge in [0.15, 0.2) is 0 Å². The molecule has 3 nitrogen and oxygen atoms in total. The van der Waals surface area contributed by atoms with Gasteiger partial charge in [-0.1, -0.05) is 40.5 Å². The zero-order chi connectivity index (χ0) is 16.1. The van der Waals surface area contributed by atoms with Crippen molar-refractivity contribution in [3.05, 3.63) is 0 Å². The molecule has 0 bridgehead atoms. The lowest BCUT2D eigenvalue weighted by molar-refractivity contribution is -0.187. The second kappa shape index (κ2) is 5.51. The van der Waals surface area contributed by atoms with Crippen LogP contribution < -0.4 is 0 Å². The maximum Gasteiger partial charge on any atom is 0.311 e. The van der Waals surface area contributed by atoms with Crippen molar-refractivity contribution in [2.75, 3.05) is 0 Å². The predicted molar refractivity (Wildman–Crippen MR) is 85.9 cm³/mol. The number of aliphatic hydroxyl groups excluding tert-OH is 1. The average Bonchev–Trinajstić information content (AvgIpc) is 3.32. The Bertz CT molecular complexity index is 440. The number of carbonyl (C=O) groups is 1. The lowest BCUT2D eigenvalue weighted by Crippen LogP contribution is -2.40. The molecule has 0 radical (unpaired) electrons. The lowest BCUT2D eigenvalue weighted by Gasteiger charge is -2.41. The van der Waals surface area contributed by atoms with Gasteiger partial charge >= 0.3 is 5.97 Å². The normalized spacial score (nSPS) is 38.2. The number of rotatable bonds is 7. The van der Waals surface area contributed by atoms with Gasteiger partial charge in [0.05, 0.1) is 5.92 Å². The third-order valence-corrected chi connectivity index (χ3v) is 7.27. The highest BCUT2D eigenvalue weighted by molar-refractivity contribution is 5.75. The van der Waals surface area contributed by atoms with Crippen molar-refractivity contribution in [2.24, 2.45) is 34.5 Å². The Hall–Kier alpha value is -0.570. The summed E-state index contributed by atoms with van der Waals surface area (Å²) in [5, 5.41) is 10.6. The monoisotopic (exact) mass is 308 g/mol. The van der Waals surface area contributed by atoms with E-state index in [4.69, 9.17) is 4.74 Å². The summed E-state index contributed by atoms with van der Waals surface area (Å²) in [6, 6.07) is 0. The first-order chi connectivity index (χ1) is 10.3. The van der Waals surface area contributed by atoms with Crippen molar-refractivity contribution in [2.45, 2.75) is 78.9 Å². The van der Waals surface area contributed by atoms with E-state index in [9.17, 15) is 9.90 Å². The standard InChI is InChI=1S/C19H32O3/c1-5-6-7-14(17(21)22-16(20)12-8-9-12)15-10-13-11-19(13,4)18(15,2)3/h12-15,17,21H,5-11H2,1-4H3. The largest absolute Gasteiger partial charge is 0.435 e. The van der Waals surface area contributed by atoms with Crippen LogP contribution in [0.1, 0.15) is 72.6 Å². The molecule has 3 heteroatoms. The number of esters is 1. The first-order valence-electron chi connectivity index (χ1n) is 9.19. The quantitative estimate of drug-likeness (QED) is 0.568. The van der Waals surface area contributed by atoms with Crippen LogP contribution in [-0.2, 0) is 9.53 Å². The number of carbonyl (C=O) groups excluding carboxylic acids is 1. The number of hydrogen-bond donors (Lipinski definition) is 1. The van der Waals surface area contributed by atoms with E-state index in [1.165, 1.54) is 12.8 Å². The molecule has 0 spiro atoms.